The van der Waals surface area contributed by atoms with Crippen LogP contribution in [0.5, 0.6) is 0 Å². The molecule has 0 radical (unpaired) electrons. The van der Waals surface area contributed by atoms with Crippen LogP contribution in [0.15, 0.2) is 12.1 Å². The molecule has 106 valence electrons. The standard InChI is InChI=1S/C15H19N3OS/c16-8-1-2-13-5-6-14(20-13)15(19)17-11-7-9-18(10-11)12-3-4-12/h5-6,11-12H,3-4,7-10,16H2,(H,17,19). The molecule has 20 heavy (non-hydrogen) atoms. The van der Waals surface area contributed by atoms with Crippen molar-refractivity contribution in [1.29, 1.82) is 0 Å². The molecule has 1 unspecified atom stereocenters. The average Bonchev–Trinajstić information content (AvgIpc) is 3.01. The van der Waals surface area contributed by atoms with Crippen molar-refractivity contribution in [1.82, 2.24) is 10.2 Å². The first kappa shape index (κ1) is 13.6. The topological polar surface area (TPSA) is 58.4 Å². The molecular formula is C15H19N3OS. The summed E-state index contributed by atoms with van der Waals surface area (Å²) in [6.07, 6.45) is 3.72. The van der Waals surface area contributed by atoms with Gasteiger partial charge in [-0.25, -0.2) is 0 Å². The molecule has 2 fully saturated rings. The van der Waals surface area contributed by atoms with Gasteiger partial charge in [0, 0.05) is 25.2 Å². The third kappa shape index (κ3) is 3.21. The zero-order valence-corrected chi connectivity index (χ0v) is 12.2. The zero-order valence-electron chi connectivity index (χ0n) is 11.4. The van der Waals surface area contributed by atoms with Gasteiger partial charge in [0.15, 0.2) is 0 Å². The summed E-state index contributed by atoms with van der Waals surface area (Å²) in [5.41, 5.74) is 5.34. The molecule has 1 saturated heterocycles. The van der Waals surface area contributed by atoms with E-state index in [0.717, 1.165) is 35.3 Å². The molecule has 1 saturated carbocycles. The Bertz CT molecular complexity index is 553. The highest BCUT2D eigenvalue weighted by molar-refractivity contribution is 7.14. The van der Waals surface area contributed by atoms with Gasteiger partial charge in [-0.05, 0) is 31.4 Å². The van der Waals surface area contributed by atoms with Gasteiger partial charge < -0.3 is 11.1 Å². The van der Waals surface area contributed by atoms with Crippen molar-refractivity contribution in [2.24, 2.45) is 5.73 Å². The molecule has 3 N–H and O–H groups in total. The number of likely N-dealkylation sites (tertiary alicyclic amines) is 1. The van der Waals surface area contributed by atoms with Gasteiger partial charge in [0.2, 0.25) is 0 Å². The highest BCUT2D eigenvalue weighted by atomic mass is 32.1. The van der Waals surface area contributed by atoms with E-state index in [0.29, 0.717) is 12.6 Å². The Morgan fingerprint density at radius 2 is 2.30 bits per heavy atom. The second-order valence-electron chi connectivity index (χ2n) is 5.35. The van der Waals surface area contributed by atoms with E-state index in [1.54, 1.807) is 0 Å². The first-order valence-corrected chi connectivity index (χ1v) is 7.91. The minimum atomic E-state index is 0.0263. The first-order chi connectivity index (χ1) is 9.76. The second kappa shape index (κ2) is 5.96. The Balaban J connectivity index is 1.55. The molecule has 4 nitrogen and oxygen atoms in total. The van der Waals surface area contributed by atoms with Crippen LogP contribution >= 0.6 is 11.3 Å². The van der Waals surface area contributed by atoms with Gasteiger partial charge in [-0.2, -0.15) is 0 Å². The number of carbonyl (C=O) groups excluding carboxylic acids is 1. The Morgan fingerprint density at radius 1 is 1.45 bits per heavy atom. The molecule has 1 aliphatic heterocycles. The normalized spacial score (nSPS) is 22.4. The fourth-order valence-electron chi connectivity index (χ4n) is 2.60. The second-order valence-corrected chi connectivity index (χ2v) is 6.44. The summed E-state index contributed by atoms with van der Waals surface area (Å²) in [6.45, 7) is 2.47. The van der Waals surface area contributed by atoms with Gasteiger partial charge in [0.25, 0.3) is 5.91 Å². The van der Waals surface area contributed by atoms with Gasteiger partial charge in [-0.15, -0.1) is 11.3 Å². The third-order valence-electron chi connectivity index (χ3n) is 3.76. The van der Waals surface area contributed by atoms with E-state index in [9.17, 15) is 4.79 Å². The van der Waals surface area contributed by atoms with Crippen molar-refractivity contribution in [2.75, 3.05) is 19.6 Å². The largest absolute Gasteiger partial charge is 0.347 e. The Kier molecular flexibility index (Phi) is 4.06. The quantitative estimate of drug-likeness (QED) is 0.817. The number of rotatable bonds is 3. The van der Waals surface area contributed by atoms with Crippen molar-refractivity contribution in [3.63, 3.8) is 0 Å². The molecule has 1 aliphatic carbocycles. The average molecular weight is 289 g/mol. The summed E-state index contributed by atoms with van der Waals surface area (Å²) in [6, 6.07) is 4.81. The molecule has 1 aromatic heterocycles. The minimum Gasteiger partial charge on any atom is -0.347 e. The maximum absolute atomic E-state index is 12.2. The summed E-state index contributed by atoms with van der Waals surface area (Å²) < 4.78 is 0. The van der Waals surface area contributed by atoms with Gasteiger partial charge in [0.05, 0.1) is 16.3 Å². The lowest BCUT2D eigenvalue weighted by Crippen LogP contribution is -2.37. The molecule has 2 aliphatic rings. The monoisotopic (exact) mass is 289 g/mol. The van der Waals surface area contributed by atoms with Crippen molar-refractivity contribution in [2.45, 2.75) is 31.3 Å². The summed E-state index contributed by atoms with van der Waals surface area (Å²) in [5, 5.41) is 3.13. The summed E-state index contributed by atoms with van der Waals surface area (Å²) >= 11 is 1.43. The van der Waals surface area contributed by atoms with E-state index in [1.165, 1.54) is 24.2 Å². The van der Waals surface area contributed by atoms with Crippen LogP contribution in [0.4, 0.5) is 0 Å². The molecule has 0 aromatic carbocycles. The lowest BCUT2D eigenvalue weighted by Gasteiger charge is -2.15. The van der Waals surface area contributed by atoms with E-state index >= 15 is 0 Å². The molecular weight excluding hydrogens is 270 g/mol. The van der Waals surface area contributed by atoms with E-state index < -0.39 is 0 Å². The lowest BCUT2D eigenvalue weighted by atomic mass is 10.2. The Morgan fingerprint density at radius 3 is 3.05 bits per heavy atom. The van der Waals surface area contributed by atoms with Crippen molar-refractivity contribution in [3.8, 4) is 11.8 Å². The number of amides is 1. The van der Waals surface area contributed by atoms with Crippen LogP contribution in [0.3, 0.4) is 0 Å². The molecule has 2 heterocycles. The number of hydrogen-bond acceptors (Lipinski definition) is 4. The van der Waals surface area contributed by atoms with Gasteiger partial charge in [-0.1, -0.05) is 11.8 Å². The van der Waals surface area contributed by atoms with E-state index in [1.807, 2.05) is 12.1 Å². The lowest BCUT2D eigenvalue weighted by molar-refractivity contribution is 0.0941. The van der Waals surface area contributed by atoms with E-state index in [-0.39, 0.29) is 5.91 Å². The number of carbonyl (C=O) groups is 1. The summed E-state index contributed by atoms with van der Waals surface area (Å²) in [4.78, 5) is 16.3. The van der Waals surface area contributed by atoms with Gasteiger partial charge in [-0.3, -0.25) is 9.69 Å². The molecule has 5 heteroatoms. The predicted molar refractivity (Wildman–Crippen MR) is 80.7 cm³/mol. The SMILES string of the molecule is NCC#Cc1ccc(C(=O)NC2CCN(C3CC3)C2)s1. The van der Waals surface area contributed by atoms with E-state index in [4.69, 9.17) is 5.73 Å². The van der Waals surface area contributed by atoms with E-state index in [2.05, 4.69) is 22.1 Å². The number of hydrogen-bond donors (Lipinski definition) is 2. The fraction of sp³-hybridized carbons (Fsp3) is 0.533. The van der Waals surface area contributed by atoms with Crippen LogP contribution < -0.4 is 11.1 Å². The highest BCUT2D eigenvalue weighted by Crippen LogP contribution is 2.29. The molecule has 1 aromatic rings. The predicted octanol–water partition coefficient (Wildman–Crippen LogP) is 1.02. The van der Waals surface area contributed by atoms with Gasteiger partial charge >= 0.3 is 0 Å². The van der Waals surface area contributed by atoms with Crippen molar-refractivity contribution >= 4 is 17.2 Å². The summed E-state index contributed by atoms with van der Waals surface area (Å²) in [5.74, 6) is 5.79. The van der Waals surface area contributed by atoms with Crippen LogP contribution in [0.2, 0.25) is 0 Å². The first-order valence-electron chi connectivity index (χ1n) is 7.10. The maximum Gasteiger partial charge on any atom is 0.261 e. The van der Waals surface area contributed by atoms with Crippen LogP contribution in [0.25, 0.3) is 0 Å². The summed E-state index contributed by atoms with van der Waals surface area (Å²) in [7, 11) is 0. The molecule has 1 amide bonds. The number of nitrogens with zero attached hydrogens (tertiary/aromatic N) is 1. The zero-order chi connectivity index (χ0) is 13.9. The fourth-order valence-corrected chi connectivity index (χ4v) is 3.38. The number of nitrogens with one attached hydrogen (secondary N) is 1. The minimum absolute atomic E-state index is 0.0263. The molecule has 1 atom stereocenters. The number of nitrogens with two attached hydrogens (primary N) is 1. The van der Waals surface area contributed by atoms with Crippen LogP contribution in [0, 0.1) is 11.8 Å². The van der Waals surface area contributed by atoms with Crippen LogP contribution in [-0.2, 0) is 0 Å². The molecule has 0 bridgehead atoms. The molecule has 3 rings (SSSR count). The highest BCUT2D eigenvalue weighted by Gasteiger charge is 2.34. The maximum atomic E-state index is 12.2. The Labute approximate surface area is 123 Å². The number of thiophene rings is 1. The van der Waals surface area contributed by atoms with Gasteiger partial charge in [0.1, 0.15) is 0 Å². The van der Waals surface area contributed by atoms with Crippen LogP contribution in [0.1, 0.15) is 33.8 Å². The Hall–Kier alpha value is -1.35. The van der Waals surface area contributed by atoms with Crippen LogP contribution in [-0.4, -0.2) is 42.5 Å². The smallest absolute Gasteiger partial charge is 0.261 e. The molecule has 0 spiro atoms. The van der Waals surface area contributed by atoms with Crippen molar-refractivity contribution < 1.29 is 4.79 Å². The third-order valence-corrected chi connectivity index (χ3v) is 4.76. The van der Waals surface area contributed by atoms with Crippen molar-refractivity contribution in [3.05, 3.63) is 21.9 Å².